The Hall–Kier alpha value is -1.40. The van der Waals surface area contributed by atoms with Crippen molar-refractivity contribution in [3.05, 3.63) is 57.0 Å². The van der Waals surface area contributed by atoms with Gasteiger partial charge in [0.15, 0.2) is 0 Å². The van der Waals surface area contributed by atoms with E-state index in [1.165, 1.54) is 17.4 Å². The maximum atomic E-state index is 13.5. The number of aryl methyl sites for hydroxylation is 1. The Labute approximate surface area is 118 Å². The third kappa shape index (κ3) is 3.02. The van der Waals surface area contributed by atoms with Crippen LogP contribution in [0.5, 0.6) is 0 Å². The van der Waals surface area contributed by atoms with E-state index in [1.807, 2.05) is 19.1 Å². The van der Waals surface area contributed by atoms with E-state index in [0.717, 1.165) is 28.3 Å². The molecule has 0 saturated carbocycles. The van der Waals surface area contributed by atoms with Crippen molar-refractivity contribution in [3.63, 3.8) is 0 Å². The quantitative estimate of drug-likeness (QED) is 0.829. The summed E-state index contributed by atoms with van der Waals surface area (Å²) in [5.74, 6) is -1.29. The van der Waals surface area contributed by atoms with Crippen molar-refractivity contribution in [2.45, 2.75) is 25.6 Å². The first-order chi connectivity index (χ1) is 9.32. The van der Waals surface area contributed by atoms with Crippen LogP contribution < -0.4 is 5.73 Å². The molecular weight excluding hydrogens is 290 g/mol. The summed E-state index contributed by atoms with van der Waals surface area (Å²) in [6.45, 7) is 2.00. The van der Waals surface area contributed by atoms with E-state index in [4.69, 9.17) is 5.73 Å². The third-order valence-corrected chi connectivity index (χ3v) is 4.31. The fourth-order valence-electron chi connectivity index (χ4n) is 1.87. The molecule has 1 unspecified atom stereocenters. The van der Waals surface area contributed by atoms with Crippen LogP contribution in [-0.2, 0) is 12.6 Å². The maximum absolute atomic E-state index is 13.5. The van der Waals surface area contributed by atoms with Gasteiger partial charge in [0, 0.05) is 9.75 Å². The van der Waals surface area contributed by atoms with Crippen molar-refractivity contribution in [1.82, 2.24) is 0 Å². The van der Waals surface area contributed by atoms with Crippen LogP contribution in [0.25, 0.3) is 0 Å². The van der Waals surface area contributed by atoms with Crippen molar-refractivity contribution in [2.24, 2.45) is 5.73 Å². The highest BCUT2D eigenvalue weighted by atomic mass is 32.1. The second-order valence-electron chi connectivity index (χ2n) is 4.37. The largest absolute Gasteiger partial charge is 0.419 e. The minimum atomic E-state index is -4.69. The molecule has 2 rings (SSSR count). The average molecular weight is 303 g/mol. The normalized spacial score (nSPS) is 13.5. The Morgan fingerprint density at radius 2 is 1.90 bits per heavy atom. The fraction of sp³-hybridized carbons (Fsp3) is 0.286. The summed E-state index contributed by atoms with van der Waals surface area (Å²) in [5, 5.41) is 0. The topological polar surface area (TPSA) is 26.0 Å². The molecule has 0 aliphatic carbocycles. The highest BCUT2D eigenvalue weighted by Crippen LogP contribution is 2.34. The minimum absolute atomic E-state index is 0.333. The number of alkyl halides is 3. The van der Waals surface area contributed by atoms with Crippen LogP contribution >= 0.6 is 11.3 Å². The van der Waals surface area contributed by atoms with Gasteiger partial charge in [-0.2, -0.15) is 13.2 Å². The van der Waals surface area contributed by atoms with Crippen molar-refractivity contribution < 1.29 is 17.6 Å². The average Bonchev–Trinajstić information content (AvgIpc) is 2.85. The van der Waals surface area contributed by atoms with Gasteiger partial charge in [-0.25, -0.2) is 4.39 Å². The second-order valence-corrected chi connectivity index (χ2v) is 5.57. The lowest BCUT2D eigenvalue weighted by Crippen LogP contribution is -2.13. The zero-order chi connectivity index (χ0) is 14.9. The standard InChI is InChI=1S/C14H13F4NS/c1-2-9-4-6-12(20-9)13(19)8-3-5-10(11(15)7-8)14(16,17)18/h3-7,13H,2,19H2,1H3. The van der Waals surface area contributed by atoms with Gasteiger partial charge in [-0.05, 0) is 36.2 Å². The predicted octanol–water partition coefficient (Wildman–Crippen LogP) is 4.52. The number of thiophene rings is 1. The Morgan fingerprint density at radius 1 is 1.20 bits per heavy atom. The lowest BCUT2D eigenvalue weighted by molar-refractivity contribution is -0.140. The summed E-state index contributed by atoms with van der Waals surface area (Å²) in [5.41, 5.74) is 5.04. The van der Waals surface area contributed by atoms with Crippen LogP contribution in [-0.4, -0.2) is 0 Å². The molecule has 0 saturated heterocycles. The number of hydrogen-bond donors (Lipinski definition) is 1. The van der Waals surface area contributed by atoms with Crippen molar-refractivity contribution >= 4 is 11.3 Å². The van der Waals surface area contributed by atoms with Gasteiger partial charge in [0.2, 0.25) is 0 Å². The van der Waals surface area contributed by atoms with Crippen LogP contribution in [0.2, 0.25) is 0 Å². The molecule has 20 heavy (non-hydrogen) atoms. The molecule has 1 aromatic carbocycles. The Bertz CT molecular complexity index is 603. The highest BCUT2D eigenvalue weighted by Gasteiger charge is 2.34. The van der Waals surface area contributed by atoms with Crippen molar-refractivity contribution in [2.75, 3.05) is 0 Å². The fourth-order valence-corrected chi connectivity index (χ4v) is 2.85. The molecule has 1 heterocycles. The van der Waals surface area contributed by atoms with Gasteiger partial charge in [-0.3, -0.25) is 0 Å². The van der Waals surface area contributed by atoms with E-state index in [2.05, 4.69) is 0 Å². The molecule has 0 amide bonds. The molecule has 0 bridgehead atoms. The molecule has 2 N–H and O–H groups in total. The second kappa shape index (κ2) is 5.54. The molecule has 1 aromatic heterocycles. The van der Waals surface area contributed by atoms with Crippen LogP contribution in [0, 0.1) is 5.82 Å². The first kappa shape index (κ1) is 15.0. The molecule has 0 fully saturated rings. The van der Waals surface area contributed by atoms with Gasteiger partial charge in [-0.1, -0.05) is 13.0 Å². The lowest BCUT2D eigenvalue weighted by Gasteiger charge is -2.13. The summed E-state index contributed by atoms with van der Waals surface area (Å²) in [6, 6.07) is 5.95. The van der Waals surface area contributed by atoms with Gasteiger partial charge < -0.3 is 5.73 Å². The first-order valence-corrected chi connectivity index (χ1v) is 6.85. The molecule has 2 aromatic rings. The van der Waals surface area contributed by atoms with Crippen LogP contribution in [0.3, 0.4) is 0 Å². The first-order valence-electron chi connectivity index (χ1n) is 6.03. The minimum Gasteiger partial charge on any atom is -0.320 e. The lowest BCUT2D eigenvalue weighted by atomic mass is 10.0. The van der Waals surface area contributed by atoms with Gasteiger partial charge in [-0.15, -0.1) is 11.3 Å². The van der Waals surface area contributed by atoms with Crippen LogP contribution in [0.15, 0.2) is 30.3 Å². The molecule has 1 nitrogen and oxygen atoms in total. The number of benzene rings is 1. The van der Waals surface area contributed by atoms with Gasteiger partial charge >= 0.3 is 6.18 Å². The van der Waals surface area contributed by atoms with Crippen LogP contribution in [0.1, 0.15) is 33.8 Å². The van der Waals surface area contributed by atoms with E-state index in [-0.39, 0.29) is 0 Å². The summed E-state index contributed by atoms with van der Waals surface area (Å²) in [7, 11) is 0. The van der Waals surface area contributed by atoms with Crippen molar-refractivity contribution in [3.8, 4) is 0 Å². The van der Waals surface area contributed by atoms with E-state index < -0.39 is 23.6 Å². The van der Waals surface area contributed by atoms with Crippen LogP contribution in [0.4, 0.5) is 17.6 Å². The molecule has 1 atom stereocenters. The predicted molar refractivity (Wildman–Crippen MR) is 71.1 cm³/mol. The van der Waals surface area contributed by atoms with E-state index >= 15 is 0 Å². The summed E-state index contributed by atoms with van der Waals surface area (Å²) in [6.07, 6.45) is -3.83. The number of rotatable bonds is 3. The molecule has 0 spiro atoms. The molecule has 6 heteroatoms. The summed E-state index contributed by atoms with van der Waals surface area (Å²) in [4.78, 5) is 1.93. The summed E-state index contributed by atoms with van der Waals surface area (Å²) < 4.78 is 51.0. The number of halogens is 4. The maximum Gasteiger partial charge on any atom is 0.419 e. The van der Waals surface area contributed by atoms with E-state index in [9.17, 15) is 17.6 Å². The van der Waals surface area contributed by atoms with E-state index in [1.54, 1.807) is 0 Å². The Morgan fingerprint density at radius 3 is 2.40 bits per heavy atom. The van der Waals surface area contributed by atoms with E-state index in [0.29, 0.717) is 5.56 Å². The Kier molecular flexibility index (Phi) is 4.15. The zero-order valence-corrected chi connectivity index (χ0v) is 11.5. The number of hydrogen-bond acceptors (Lipinski definition) is 2. The smallest absolute Gasteiger partial charge is 0.320 e. The SMILES string of the molecule is CCc1ccc(C(N)c2ccc(C(F)(F)F)c(F)c2)s1. The van der Waals surface area contributed by atoms with Gasteiger partial charge in [0.05, 0.1) is 11.6 Å². The highest BCUT2D eigenvalue weighted by molar-refractivity contribution is 7.12. The third-order valence-electron chi connectivity index (χ3n) is 3.00. The molecular formula is C14H13F4NS. The molecule has 0 radical (unpaired) electrons. The monoisotopic (exact) mass is 303 g/mol. The van der Waals surface area contributed by atoms with Crippen molar-refractivity contribution in [1.29, 1.82) is 0 Å². The Balaban J connectivity index is 2.31. The zero-order valence-electron chi connectivity index (χ0n) is 10.7. The van der Waals surface area contributed by atoms with Gasteiger partial charge in [0.1, 0.15) is 5.82 Å². The number of nitrogens with two attached hydrogens (primary N) is 1. The molecule has 0 aliphatic heterocycles. The molecule has 108 valence electrons. The summed E-state index contributed by atoms with van der Waals surface area (Å²) >= 11 is 1.48. The van der Waals surface area contributed by atoms with Gasteiger partial charge in [0.25, 0.3) is 0 Å². The molecule has 0 aliphatic rings.